The molecule has 0 amide bonds. The van der Waals surface area contributed by atoms with Gasteiger partial charge in [-0.1, -0.05) is 0 Å². The van der Waals surface area contributed by atoms with E-state index >= 15 is 0 Å². The molecule has 0 aliphatic carbocycles. The summed E-state index contributed by atoms with van der Waals surface area (Å²) in [5, 5.41) is 7.61. The Balaban J connectivity index is 2.12. The standard InChI is InChI=1S/C13H21N5/c1-17(2)10-5-8-18(9-6-10)13-11(12(14)15)4-3-7-16-13/h3-4,7,10H,5-6,8-9H2,1-2H3,(H3,14,15). The molecule has 1 aromatic heterocycles. The van der Waals surface area contributed by atoms with E-state index in [0.29, 0.717) is 6.04 Å². The zero-order valence-corrected chi connectivity index (χ0v) is 11.1. The molecule has 0 unspecified atom stereocenters. The van der Waals surface area contributed by atoms with Crippen LogP contribution in [0.15, 0.2) is 18.3 Å². The van der Waals surface area contributed by atoms with Gasteiger partial charge in [-0.05, 0) is 39.1 Å². The third kappa shape index (κ3) is 2.61. The quantitative estimate of drug-likeness (QED) is 0.615. The van der Waals surface area contributed by atoms with Crippen molar-refractivity contribution in [1.29, 1.82) is 5.41 Å². The first-order valence-corrected chi connectivity index (χ1v) is 6.30. The van der Waals surface area contributed by atoms with Crippen LogP contribution in [0.2, 0.25) is 0 Å². The molecule has 0 spiro atoms. The highest BCUT2D eigenvalue weighted by atomic mass is 15.2. The molecule has 0 aromatic carbocycles. The van der Waals surface area contributed by atoms with Crippen LogP contribution in [0.5, 0.6) is 0 Å². The Morgan fingerprint density at radius 1 is 1.44 bits per heavy atom. The molecule has 5 nitrogen and oxygen atoms in total. The summed E-state index contributed by atoms with van der Waals surface area (Å²) in [7, 11) is 4.25. The van der Waals surface area contributed by atoms with Crippen molar-refractivity contribution in [3.05, 3.63) is 23.9 Å². The highest BCUT2D eigenvalue weighted by molar-refractivity contribution is 5.99. The lowest BCUT2D eigenvalue weighted by molar-refractivity contribution is 0.249. The number of nitrogens with zero attached hydrogens (tertiary/aromatic N) is 3. The molecular formula is C13H21N5. The number of aromatic nitrogens is 1. The number of rotatable bonds is 3. The number of nitrogens with one attached hydrogen (secondary N) is 1. The predicted octanol–water partition coefficient (Wildman–Crippen LogP) is 0.896. The number of piperidine rings is 1. The van der Waals surface area contributed by atoms with Crippen LogP contribution in [-0.4, -0.2) is 48.9 Å². The van der Waals surface area contributed by atoms with Crippen molar-refractivity contribution in [2.75, 3.05) is 32.1 Å². The van der Waals surface area contributed by atoms with Gasteiger partial charge < -0.3 is 15.5 Å². The van der Waals surface area contributed by atoms with E-state index in [1.165, 1.54) is 0 Å². The maximum atomic E-state index is 7.61. The Bertz CT molecular complexity index is 421. The summed E-state index contributed by atoms with van der Waals surface area (Å²) in [4.78, 5) is 8.90. The fourth-order valence-electron chi connectivity index (χ4n) is 2.45. The van der Waals surface area contributed by atoms with E-state index in [2.05, 4.69) is 28.9 Å². The molecule has 2 heterocycles. The number of hydrogen-bond donors (Lipinski definition) is 2. The van der Waals surface area contributed by atoms with E-state index in [1.807, 2.05) is 12.1 Å². The second-order valence-corrected chi connectivity index (χ2v) is 4.97. The van der Waals surface area contributed by atoms with E-state index < -0.39 is 0 Å². The summed E-state index contributed by atoms with van der Waals surface area (Å²) >= 11 is 0. The van der Waals surface area contributed by atoms with Crippen LogP contribution >= 0.6 is 0 Å². The fourth-order valence-corrected chi connectivity index (χ4v) is 2.45. The number of hydrogen-bond acceptors (Lipinski definition) is 4. The molecule has 98 valence electrons. The molecule has 1 aromatic rings. The second kappa shape index (κ2) is 5.35. The molecule has 0 saturated carbocycles. The third-order valence-corrected chi connectivity index (χ3v) is 3.57. The van der Waals surface area contributed by atoms with Crippen molar-refractivity contribution in [2.24, 2.45) is 5.73 Å². The number of anilines is 1. The van der Waals surface area contributed by atoms with Crippen LogP contribution in [0.1, 0.15) is 18.4 Å². The number of pyridine rings is 1. The van der Waals surface area contributed by atoms with Gasteiger partial charge in [0.25, 0.3) is 0 Å². The van der Waals surface area contributed by atoms with Crippen molar-refractivity contribution >= 4 is 11.7 Å². The normalized spacial score (nSPS) is 17.2. The van der Waals surface area contributed by atoms with E-state index in [-0.39, 0.29) is 5.84 Å². The summed E-state index contributed by atoms with van der Waals surface area (Å²) in [5.41, 5.74) is 6.34. The predicted molar refractivity (Wildman–Crippen MR) is 74.2 cm³/mol. The zero-order chi connectivity index (χ0) is 13.1. The lowest BCUT2D eigenvalue weighted by Crippen LogP contribution is -2.42. The van der Waals surface area contributed by atoms with Gasteiger partial charge in [0.15, 0.2) is 0 Å². The smallest absolute Gasteiger partial charge is 0.139 e. The molecule has 1 aliphatic heterocycles. The minimum absolute atomic E-state index is 0.0906. The summed E-state index contributed by atoms with van der Waals surface area (Å²) in [6, 6.07) is 4.33. The van der Waals surface area contributed by atoms with Gasteiger partial charge in [0.1, 0.15) is 11.7 Å². The molecule has 0 radical (unpaired) electrons. The molecule has 18 heavy (non-hydrogen) atoms. The summed E-state index contributed by atoms with van der Waals surface area (Å²) in [5.74, 6) is 0.940. The van der Waals surface area contributed by atoms with Gasteiger partial charge in [0.2, 0.25) is 0 Å². The summed E-state index contributed by atoms with van der Waals surface area (Å²) in [6.45, 7) is 1.94. The van der Waals surface area contributed by atoms with Gasteiger partial charge in [-0.15, -0.1) is 0 Å². The topological polar surface area (TPSA) is 69.2 Å². The van der Waals surface area contributed by atoms with Crippen molar-refractivity contribution in [3.8, 4) is 0 Å². The van der Waals surface area contributed by atoms with Crippen molar-refractivity contribution in [2.45, 2.75) is 18.9 Å². The summed E-state index contributed by atoms with van der Waals surface area (Å²) < 4.78 is 0. The highest BCUT2D eigenvalue weighted by Gasteiger charge is 2.23. The first-order valence-electron chi connectivity index (χ1n) is 6.30. The largest absolute Gasteiger partial charge is 0.384 e. The minimum atomic E-state index is 0.0906. The Morgan fingerprint density at radius 2 is 2.11 bits per heavy atom. The number of amidine groups is 1. The molecule has 0 bridgehead atoms. The highest BCUT2D eigenvalue weighted by Crippen LogP contribution is 2.22. The maximum absolute atomic E-state index is 7.61. The summed E-state index contributed by atoms with van der Waals surface area (Å²) in [6.07, 6.45) is 4.02. The SMILES string of the molecule is CN(C)C1CCN(c2ncccc2C(=N)N)CC1. The Labute approximate surface area is 108 Å². The van der Waals surface area contributed by atoms with E-state index in [4.69, 9.17) is 11.1 Å². The molecule has 5 heteroatoms. The van der Waals surface area contributed by atoms with E-state index in [1.54, 1.807) is 6.20 Å². The average Bonchev–Trinajstić information content (AvgIpc) is 2.39. The Kier molecular flexibility index (Phi) is 3.81. The average molecular weight is 247 g/mol. The van der Waals surface area contributed by atoms with E-state index in [9.17, 15) is 0 Å². The first kappa shape index (κ1) is 12.8. The number of nitrogens with two attached hydrogens (primary N) is 1. The van der Waals surface area contributed by atoms with Crippen LogP contribution in [0.3, 0.4) is 0 Å². The van der Waals surface area contributed by atoms with Crippen LogP contribution in [0.25, 0.3) is 0 Å². The van der Waals surface area contributed by atoms with Crippen molar-refractivity contribution < 1.29 is 0 Å². The molecular weight excluding hydrogens is 226 g/mol. The van der Waals surface area contributed by atoms with Crippen molar-refractivity contribution in [3.63, 3.8) is 0 Å². The minimum Gasteiger partial charge on any atom is -0.384 e. The Morgan fingerprint density at radius 3 is 2.67 bits per heavy atom. The van der Waals surface area contributed by atoms with Gasteiger partial charge in [-0.3, -0.25) is 5.41 Å². The van der Waals surface area contributed by atoms with Crippen LogP contribution in [0, 0.1) is 5.41 Å². The van der Waals surface area contributed by atoms with Gasteiger partial charge >= 0.3 is 0 Å². The fraction of sp³-hybridized carbons (Fsp3) is 0.538. The molecule has 2 rings (SSSR count). The third-order valence-electron chi connectivity index (χ3n) is 3.57. The molecule has 1 saturated heterocycles. The Hall–Kier alpha value is -1.62. The van der Waals surface area contributed by atoms with Crippen LogP contribution < -0.4 is 10.6 Å². The van der Waals surface area contributed by atoms with Gasteiger partial charge in [0, 0.05) is 25.3 Å². The second-order valence-electron chi connectivity index (χ2n) is 4.97. The number of nitrogen functional groups attached to an aromatic ring is 1. The van der Waals surface area contributed by atoms with Crippen molar-refractivity contribution in [1.82, 2.24) is 9.88 Å². The molecule has 1 aliphatic rings. The zero-order valence-electron chi connectivity index (χ0n) is 11.1. The lowest BCUT2D eigenvalue weighted by Gasteiger charge is -2.36. The van der Waals surface area contributed by atoms with Gasteiger partial charge in [0.05, 0.1) is 5.56 Å². The molecule has 0 atom stereocenters. The van der Waals surface area contributed by atoms with E-state index in [0.717, 1.165) is 37.3 Å². The van der Waals surface area contributed by atoms with Crippen LogP contribution in [-0.2, 0) is 0 Å². The molecule has 1 fully saturated rings. The monoisotopic (exact) mass is 247 g/mol. The van der Waals surface area contributed by atoms with Gasteiger partial charge in [-0.25, -0.2) is 4.98 Å². The van der Waals surface area contributed by atoms with Gasteiger partial charge in [-0.2, -0.15) is 0 Å². The first-order chi connectivity index (χ1) is 8.59. The van der Waals surface area contributed by atoms with Crippen LogP contribution in [0.4, 0.5) is 5.82 Å². The molecule has 3 N–H and O–H groups in total. The maximum Gasteiger partial charge on any atom is 0.139 e. The lowest BCUT2D eigenvalue weighted by atomic mass is 10.0.